The predicted octanol–water partition coefficient (Wildman–Crippen LogP) is 3.06. The molecule has 1 aromatic carbocycles. The van der Waals surface area contributed by atoms with E-state index in [4.69, 9.17) is 19.2 Å². The smallest absolute Gasteiger partial charge is 0.310 e. The van der Waals surface area contributed by atoms with E-state index < -0.39 is 0 Å². The molecule has 1 aromatic rings. The van der Waals surface area contributed by atoms with Gasteiger partial charge in [0.25, 0.3) is 0 Å². The second-order valence-electron chi connectivity index (χ2n) is 6.36. The first kappa shape index (κ1) is 24.3. The van der Waals surface area contributed by atoms with Crippen molar-refractivity contribution >= 4 is 35.9 Å². The number of hydrogen-bond donors (Lipinski definition) is 1. The highest BCUT2D eigenvalue weighted by Gasteiger charge is 2.28. The SMILES string of the molecule is CCNC(=NCc1cccc(OC)c1OC)N1CCCC(C(=O)OCC)C1.I. The maximum absolute atomic E-state index is 12.1. The van der Waals surface area contributed by atoms with Crippen molar-refractivity contribution in [1.29, 1.82) is 0 Å². The van der Waals surface area contributed by atoms with E-state index in [0.29, 0.717) is 31.2 Å². The van der Waals surface area contributed by atoms with Crippen LogP contribution in [0.4, 0.5) is 0 Å². The van der Waals surface area contributed by atoms with Gasteiger partial charge in [-0.25, -0.2) is 4.99 Å². The Hall–Kier alpha value is -1.71. The third-order valence-corrected chi connectivity index (χ3v) is 4.56. The van der Waals surface area contributed by atoms with Gasteiger partial charge in [-0.05, 0) is 32.8 Å². The first-order valence-corrected chi connectivity index (χ1v) is 9.54. The number of likely N-dealkylation sites (tertiary alicyclic amines) is 1. The fraction of sp³-hybridized carbons (Fsp3) is 0.600. The Bertz CT molecular complexity index is 654. The maximum Gasteiger partial charge on any atom is 0.310 e. The molecule has 1 aliphatic heterocycles. The summed E-state index contributed by atoms with van der Waals surface area (Å²) in [5.74, 6) is 1.97. The van der Waals surface area contributed by atoms with Gasteiger partial charge in [0.2, 0.25) is 0 Å². The maximum atomic E-state index is 12.1. The lowest BCUT2D eigenvalue weighted by Crippen LogP contribution is -2.48. The predicted molar refractivity (Wildman–Crippen MR) is 121 cm³/mol. The number of nitrogens with zero attached hydrogens (tertiary/aromatic N) is 2. The number of piperidine rings is 1. The zero-order valence-corrected chi connectivity index (χ0v) is 19.5. The molecule has 158 valence electrons. The topological polar surface area (TPSA) is 72.4 Å². The van der Waals surface area contributed by atoms with Crippen LogP contribution in [-0.2, 0) is 16.1 Å². The number of nitrogens with one attached hydrogen (secondary N) is 1. The fourth-order valence-corrected chi connectivity index (χ4v) is 3.29. The second-order valence-corrected chi connectivity index (χ2v) is 6.36. The van der Waals surface area contributed by atoms with Crippen molar-refractivity contribution in [1.82, 2.24) is 10.2 Å². The molecule has 2 rings (SSSR count). The third-order valence-electron chi connectivity index (χ3n) is 4.56. The minimum Gasteiger partial charge on any atom is -0.493 e. The molecule has 1 N–H and O–H groups in total. The molecule has 7 nitrogen and oxygen atoms in total. The number of carbonyl (C=O) groups is 1. The average molecular weight is 505 g/mol. The van der Waals surface area contributed by atoms with E-state index in [9.17, 15) is 4.79 Å². The molecular formula is C20H32IN3O4. The van der Waals surface area contributed by atoms with Gasteiger partial charge in [0.15, 0.2) is 17.5 Å². The van der Waals surface area contributed by atoms with Gasteiger partial charge < -0.3 is 24.4 Å². The van der Waals surface area contributed by atoms with Crippen LogP contribution in [0.1, 0.15) is 32.3 Å². The summed E-state index contributed by atoms with van der Waals surface area (Å²) in [5, 5.41) is 3.33. The molecule has 0 aliphatic carbocycles. The molecule has 1 aliphatic rings. The van der Waals surface area contributed by atoms with Crippen molar-refractivity contribution in [2.24, 2.45) is 10.9 Å². The number of guanidine groups is 1. The van der Waals surface area contributed by atoms with Crippen molar-refractivity contribution in [3.63, 3.8) is 0 Å². The number of rotatable bonds is 7. The number of para-hydroxylation sites is 1. The van der Waals surface area contributed by atoms with E-state index in [2.05, 4.69) is 10.2 Å². The van der Waals surface area contributed by atoms with Crippen LogP contribution in [0, 0.1) is 5.92 Å². The fourth-order valence-electron chi connectivity index (χ4n) is 3.29. The highest BCUT2D eigenvalue weighted by atomic mass is 127. The summed E-state index contributed by atoms with van der Waals surface area (Å²) in [4.78, 5) is 19.0. The van der Waals surface area contributed by atoms with E-state index in [1.54, 1.807) is 14.2 Å². The number of methoxy groups -OCH3 is 2. The normalized spacial score (nSPS) is 16.8. The highest BCUT2D eigenvalue weighted by Crippen LogP contribution is 2.31. The van der Waals surface area contributed by atoms with Crippen LogP contribution in [0.3, 0.4) is 0 Å². The summed E-state index contributed by atoms with van der Waals surface area (Å²) < 4.78 is 16.0. The van der Waals surface area contributed by atoms with E-state index in [-0.39, 0.29) is 35.9 Å². The van der Waals surface area contributed by atoms with Crippen molar-refractivity contribution in [2.45, 2.75) is 33.2 Å². The van der Waals surface area contributed by atoms with Gasteiger partial charge >= 0.3 is 5.97 Å². The third kappa shape index (κ3) is 6.42. The van der Waals surface area contributed by atoms with Crippen LogP contribution in [0.15, 0.2) is 23.2 Å². The summed E-state index contributed by atoms with van der Waals surface area (Å²) in [6, 6.07) is 5.77. The van der Waals surface area contributed by atoms with E-state index in [1.807, 2.05) is 32.0 Å². The second kappa shape index (κ2) is 12.7. The number of carbonyl (C=O) groups excluding carboxylic acids is 1. The molecule has 0 saturated carbocycles. The molecule has 1 heterocycles. The van der Waals surface area contributed by atoms with Crippen LogP contribution in [-0.4, -0.2) is 57.3 Å². The van der Waals surface area contributed by atoms with Gasteiger partial charge in [-0.15, -0.1) is 24.0 Å². The lowest BCUT2D eigenvalue weighted by molar-refractivity contribution is -0.149. The molecule has 0 spiro atoms. The van der Waals surface area contributed by atoms with E-state index in [1.165, 1.54) is 0 Å². The molecule has 0 amide bonds. The summed E-state index contributed by atoms with van der Waals surface area (Å²) in [6.45, 7) is 7.01. The Labute approximate surface area is 184 Å². The Morgan fingerprint density at radius 3 is 2.71 bits per heavy atom. The zero-order valence-electron chi connectivity index (χ0n) is 17.2. The summed E-state index contributed by atoms with van der Waals surface area (Å²) in [5.41, 5.74) is 0.950. The molecule has 0 aromatic heterocycles. The molecule has 1 unspecified atom stereocenters. The van der Waals surface area contributed by atoms with Crippen LogP contribution in [0.5, 0.6) is 11.5 Å². The molecule has 1 saturated heterocycles. The van der Waals surface area contributed by atoms with Crippen molar-refractivity contribution in [2.75, 3.05) is 40.5 Å². The Morgan fingerprint density at radius 2 is 2.07 bits per heavy atom. The molecule has 0 radical (unpaired) electrons. The monoisotopic (exact) mass is 505 g/mol. The number of hydrogen-bond acceptors (Lipinski definition) is 5. The average Bonchev–Trinajstić information content (AvgIpc) is 2.70. The Balaban J connectivity index is 0.00000392. The lowest BCUT2D eigenvalue weighted by atomic mass is 9.98. The molecular weight excluding hydrogens is 473 g/mol. The van der Waals surface area contributed by atoms with Gasteiger partial charge in [-0.3, -0.25) is 4.79 Å². The van der Waals surface area contributed by atoms with Gasteiger partial charge in [0.05, 0.1) is 33.3 Å². The number of aliphatic imine (C=N–C) groups is 1. The summed E-state index contributed by atoms with van der Waals surface area (Å²) in [7, 11) is 3.25. The summed E-state index contributed by atoms with van der Waals surface area (Å²) in [6.07, 6.45) is 1.80. The first-order valence-electron chi connectivity index (χ1n) is 9.54. The van der Waals surface area contributed by atoms with Crippen LogP contribution in [0.25, 0.3) is 0 Å². The molecule has 8 heteroatoms. The number of esters is 1. The van der Waals surface area contributed by atoms with Gasteiger partial charge in [0.1, 0.15) is 0 Å². The lowest BCUT2D eigenvalue weighted by Gasteiger charge is -2.34. The minimum atomic E-state index is -0.118. The quantitative estimate of drug-likeness (QED) is 0.266. The Kier molecular flexibility index (Phi) is 11.0. The molecule has 0 bridgehead atoms. The van der Waals surface area contributed by atoms with Gasteiger partial charge in [-0.1, -0.05) is 12.1 Å². The number of halogens is 1. The highest BCUT2D eigenvalue weighted by molar-refractivity contribution is 14.0. The first-order chi connectivity index (χ1) is 13.1. The van der Waals surface area contributed by atoms with E-state index >= 15 is 0 Å². The molecule has 28 heavy (non-hydrogen) atoms. The van der Waals surface area contributed by atoms with Crippen LogP contribution in [0.2, 0.25) is 0 Å². The Morgan fingerprint density at radius 1 is 1.29 bits per heavy atom. The van der Waals surface area contributed by atoms with Crippen molar-refractivity contribution < 1.29 is 19.0 Å². The van der Waals surface area contributed by atoms with Gasteiger partial charge in [-0.2, -0.15) is 0 Å². The molecule has 1 fully saturated rings. The number of benzene rings is 1. The van der Waals surface area contributed by atoms with Crippen LogP contribution < -0.4 is 14.8 Å². The largest absolute Gasteiger partial charge is 0.493 e. The summed E-state index contributed by atoms with van der Waals surface area (Å²) >= 11 is 0. The molecule has 1 atom stereocenters. The minimum absolute atomic E-state index is 0. The number of ether oxygens (including phenoxy) is 3. The van der Waals surface area contributed by atoms with E-state index in [0.717, 1.165) is 37.5 Å². The standard InChI is InChI=1S/C20H31N3O4.HI/c1-5-21-20(23-12-8-10-16(14-23)19(24)27-6-2)22-13-15-9-7-11-17(25-3)18(15)26-4;/h7,9,11,16H,5-6,8,10,12-14H2,1-4H3,(H,21,22);1H. The van der Waals surface area contributed by atoms with Crippen molar-refractivity contribution in [3.8, 4) is 11.5 Å². The van der Waals surface area contributed by atoms with Crippen LogP contribution >= 0.6 is 24.0 Å². The zero-order chi connectivity index (χ0) is 19.6. The van der Waals surface area contributed by atoms with Crippen molar-refractivity contribution in [3.05, 3.63) is 23.8 Å². The van der Waals surface area contributed by atoms with Gasteiger partial charge in [0, 0.05) is 25.2 Å².